The van der Waals surface area contributed by atoms with Crippen LogP contribution in [-0.4, -0.2) is 20.2 Å². The second kappa shape index (κ2) is 8.66. The molecule has 32 heavy (non-hydrogen) atoms. The molecule has 0 aromatic heterocycles. The summed E-state index contributed by atoms with van der Waals surface area (Å²) in [6.07, 6.45) is 1.20. The van der Waals surface area contributed by atoms with Crippen LogP contribution in [-0.2, 0) is 10.9 Å². The molecule has 1 aliphatic carbocycles. The third-order valence-electron chi connectivity index (χ3n) is 5.22. The van der Waals surface area contributed by atoms with Crippen molar-refractivity contribution in [3.05, 3.63) is 77.6 Å². The van der Waals surface area contributed by atoms with Crippen molar-refractivity contribution in [2.45, 2.75) is 25.8 Å². The highest BCUT2D eigenvalue weighted by molar-refractivity contribution is 7.74. The molecule has 5 nitrogen and oxygen atoms in total. The molecule has 1 aliphatic rings. The first kappa shape index (κ1) is 21.9. The fourth-order valence-corrected chi connectivity index (χ4v) is 4.28. The lowest BCUT2D eigenvalue weighted by Gasteiger charge is -2.22. The van der Waals surface area contributed by atoms with Crippen molar-refractivity contribution in [3.63, 3.8) is 0 Å². The van der Waals surface area contributed by atoms with Crippen LogP contribution in [0.15, 0.2) is 54.6 Å². The highest BCUT2D eigenvalue weighted by atomic mass is 32.2. The van der Waals surface area contributed by atoms with E-state index in [9.17, 15) is 26.4 Å². The van der Waals surface area contributed by atoms with Gasteiger partial charge in [-0.15, -0.1) is 0 Å². The average Bonchev–Trinajstić information content (AvgIpc) is 3.59. The Morgan fingerprint density at radius 2 is 1.69 bits per heavy atom. The standard InChI is InChI=1S/C23H19F3N2O3S/c1-13(29)14-3-2-4-15(11-14)16-5-9-20(19(25)12-16)27-23-21(10-8-18(24)22(23)26)28(32(30)31)17-6-7-17/h2-5,8-12,17,27,32H,6-7H2,1H3. The van der Waals surface area contributed by atoms with E-state index in [0.717, 1.165) is 16.4 Å². The van der Waals surface area contributed by atoms with Crippen molar-refractivity contribution in [2.24, 2.45) is 0 Å². The molecule has 0 saturated heterocycles. The zero-order chi connectivity index (χ0) is 23.0. The van der Waals surface area contributed by atoms with Crippen LogP contribution < -0.4 is 9.62 Å². The molecule has 0 aliphatic heterocycles. The Balaban J connectivity index is 1.72. The third-order valence-corrected chi connectivity index (χ3v) is 6.11. The first-order valence-corrected chi connectivity index (χ1v) is 11.0. The molecule has 0 bridgehead atoms. The second-order valence-corrected chi connectivity index (χ2v) is 8.43. The summed E-state index contributed by atoms with van der Waals surface area (Å²) in [4.78, 5) is 11.6. The molecular weight excluding hydrogens is 441 g/mol. The van der Waals surface area contributed by atoms with Gasteiger partial charge in [0.25, 0.3) is 0 Å². The van der Waals surface area contributed by atoms with Crippen molar-refractivity contribution < 1.29 is 26.4 Å². The van der Waals surface area contributed by atoms with Crippen LogP contribution in [0.3, 0.4) is 0 Å². The number of halogens is 3. The summed E-state index contributed by atoms with van der Waals surface area (Å²) in [7, 11) is -3.10. The zero-order valence-corrected chi connectivity index (χ0v) is 17.8. The topological polar surface area (TPSA) is 66.5 Å². The van der Waals surface area contributed by atoms with E-state index in [1.165, 1.54) is 19.1 Å². The maximum Gasteiger partial charge on any atom is 0.225 e. The van der Waals surface area contributed by atoms with Crippen molar-refractivity contribution in [3.8, 4) is 11.1 Å². The molecule has 0 spiro atoms. The van der Waals surface area contributed by atoms with Gasteiger partial charge in [0.15, 0.2) is 17.4 Å². The number of carbonyl (C=O) groups is 1. The van der Waals surface area contributed by atoms with Crippen molar-refractivity contribution in [1.29, 1.82) is 0 Å². The number of ketones is 1. The molecule has 0 atom stereocenters. The lowest BCUT2D eigenvalue weighted by molar-refractivity contribution is 0.101. The summed E-state index contributed by atoms with van der Waals surface area (Å²) in [5.41, 5.74) is 0.881. The largest absolute Gasteiger partial charge is 0.349 e. The minimum atomic E-state index is -3.10. The predicted octanol–water partition coefficient (Wildman–Crippen LogP) is 5.21. The summed E-state index contributed by atoms with van der Waals surface area (Å²) >= 11 is 0. The number of benzene rings is 3. The molecule has 1 saturated carbocycles. The number of hydrogen-bond donors (Lipinski definition) is 2. The Hall–Kier alpha value is -3.33. The van der Waals surface area contributed by atoms with Gasteiger partial charge in [-0.3, -0.25) is 9.10 Å². The zero-order valence-electron chi connectivity index (χ0n) is 16.9. The second-order valence-electron chi connectivity index (χ2n) is 7.53. The molecule has 0 amide bonds. The van der Waals surface area contributed by atoms with Crippen LogP contribution in [0.1, 0.15) is 30.1 Å². The van der Waals surface area contributed by atoms with E-state index in [2.05, 4.69) is 5.32 Å². The third kappa shape index (κ3) is 4.34. The van der Waals surface area contributed by atoms with Gasteiger partial charge in [-0.1, -0.05) is 24.3 Å². The molecule has 0 heterocycles. The Bertz CT molecular complexity index is 1280. The quantitative estimate of drug-likeness (QED) is 0.375. The minimum absolute atomic E-state index is 0.0832. The number of hydrogen-bond acceptors (Lipinski definition) is 4. The van der Waals surface area contributed by atoms with Crippen LogP contribution in [0.4, 0.5) is 30.2 Å². The molecule has 3 aromatic rings. The van der Waals surface area contributed by atoms with Gasteiger partial charge < -0.3 is 5.32 Å². The summed E-state index contributed by atoms with van der Waals surface area (Å²) < 4.78 is 68.0. The number of anilines is 3. The van der Waals surface area contributed by atoms with E-state index in [-0.39, 0.29) is 23.2 Å². The average molecular weight is 460 g/mol. The number of Topliss-reactive ketones (excluding diaryl/α,β-unsaturated/α-hetero) is 1. The van der Waals surface area contributed by atoms with Gasteiger partial charge in [0.1, 0.15) is 11.5 Å². The molecule has 1 N–H and O–H groups in total. The van der Waals surface area contributed by atoms with E-state index in [1.54, 1.807) is 30.3 Å². The number of rotatable bonds is 7. The van der Waals surface area contributed by atoms with E-state index in [1.807, 2.05) is 0 Å². The fourth-order valence-electron chi connectivity index (χ4n) is 3.44. The molecule has 9 heteroatoms. The smallest absolute Gasteiger partial charge is 0.225 e. The number of nitrogens with zero attached hydrogens (tertiary/aromatic N) is 1. The van der Waals surface area contributed by atoms with Gasteiger partial charge in [-0.05, 0) is 61.2 Å². The highest BCUT2D eigenvalue weighted by Crippen LogP contribution is 2.40. The Labute approximate surface area is 184 Å². The van der Waals surface area contributed by atoms with Crippen molar-refractivity contribution in [2.75, 3.05) is 9.62 Å². The molecular formula is C23H19F3N2O3S. The molecule has 0 unspecified atom stereocenters. The minimum Gasteiger partial charge on any atom is -0.349 e. The van der Waals surface area contributed by atoms with Gasteiger partial charge in [-0.25, -0.2) is 21.6 Å². The molecule has 4 rings (SSSR count). The van der Waals surface area contributed by atoms with E-state index in [4.69, 9.17) is 0 Å². The molecule has 3 aromatic carbocycles. The Kier molecular flexibility index (Phi) is 5.92. The Morgan fingerprint density at radius 1 is 0.969 bits per heavy atom. The van der Waals surface area contributed by atoms with E-state index >= 15 is 0 Å². The summed E-state index contributed by atoms with van der Waals surface area (Å²) in [5, 5.41) is 2.52. The lowest BCUT2D eigenvalue weighted by atomic mass is 10.0. The van der Waals surface area contributed by atoms with Gasteiger partial charge in [-0.2, -0.15) is 0 Å². The summed E-state index contributed by atoms with van der Waals surface area (Å²) in [5.74, 6) is -3.37. The molecule has 0 radical (unpaired) electrons. The number of carbonyl (C=O) groups excluding carboxylic acids is 1. The predicted molar refractivity (Wildman–Crippen MR) is 117 cm³/mol. The molecule has 1 fully saturated rings. The van der Waals surface area contributed by atoms with Crippen LogP contribution in [0.2, 0.25) is 0 Å². The van der Waals surface area contributed by atoms with E-state index < -0.39 is 34.0 Å². The maximum absolute atomic E-state index is 14.9. The van der Waals surface area contributed by atoms with Crippen molar-refractivity contribution in [1.82, 2.24) is 0 Å². The van der Waals surface area contributed by atoms with E-state index in [0.29, 0.717) is 29.5 Å². The lowest BCUT2D eigenvalue weighted by Crippen LogP contribution is -2.25. The first-order chi connectivity index (χ1) is 15.3. The monoisotopic (exact) mass is 460 g/mol. The Morgan fingerprint density at radius 3 is 2.31 bits per heavy atom. The fraction of sp³-hybridized carbons (Fsp3) is 0.174. The van der Waals surface area contributed by atoms with Gasteiger partial charge in [0.2, 0.25) is 10.9 Å². The number of thiol groups is 1. The van der Waals surface area contributed by atoms with Crippen LogP contribution in [0.5, 0.6) is 0 Å². The first-order valence-electron chi connectivity index (χ1n) is 9.85. The van der Waals surface area contributed by atoms with Crippen LogP contribution >= 0.6 is 0 Å². The van der Waals surface area contributed by atoms with Gasteiger partial charge in [0.05, 0.1) is 11.4 Å². The van der Waals surface area contributed by atoms with Gasteiger partial charge in [0, 0.05) is 11.6 Å². The van der Waals surface area contributed by atoms with Crippen LogP contribution in [0.25, 0.3) is 11.1 Å². The maximum atomic E-state index is 14.9. The number of nitrogens with one attached hydrogen (secondary N) is 1. The van der Waals surface area contributed by atoms with Crippen molar-refractivity contribution >= 4 is 33.7 Å². The van der Waals surface area contributed by atoms with Gasteiger partial charge >= 0.3 is 0 Å². The summed E-state index contributed by atoms with van der Waals surface area (Å²) in [6.45, 7) is 1.43. The normalized spacial score (nSPS) is 13.3. The molecule has 166 valence electrons. The highest BCUT2D eigenvalue weighted by Gasteiger charge is 2.34. The summed E-state index contributed by atoms with van der Waals surface area (Å²) in [6, 6.07) is 12.5. The van der Waals surface area contributed by atoms with Crippen LogP contribution in [0, 0.1) is 17.5 Å². The SMILES string of the molecule is CC(=O)c1cccc(-c2ccc(Nc3c(N(C4CC4)[SH](=O)=O)ccc(F)c3F)c(F)c2)c1.